The lowest BCUT2D eigenvalue weighted by Crippen LogP contribution is -2.19. The monoisotopic (exact) mass is 329 g/mol. The Balaban J connectivity index is 1.69. The van der Waals surface area contributed by atoms with Crippen LogP contribution in [0.25, 0.3) is 0 Å². The maximum atomic E-state index is 11.1. The van der Waals surface area contributed by atoms with Crippen LogP contribution in [0.15, 0.2) is 18.3 Å². The Bertz CT molecular complexity index is 738. The molecule has 2 aromatic heterocycles. The molecule has 7 heteroatoms. The van der Waals surface area contributed by atoms with Crippen molar-refractivity contribution in [3.8, 4) is 0 Å². The lowest BCUT2D eigenvalue weighted by molar-refractivity contribution is 0.0922. The van der Waals surface area contributed by atoms with Crippen LogP contribution in [0.2, 0.25) is 0 Å². The summed E-state index contributed by atoms with van der Waals surface area (Å²) in [6.07, 6.45) is 2.53. The molecule has 2 atom stereocenters. The lowest BCUT2D eigenvalue weighted by Gasteiger charge is -2.20. The van der Waals surface area contributed by atoms with Crippen molar-refractivity contribution >= 4 is 11.7 Å². The van der Waals surface area contributed by atoms with E-state index in [0.717, 1.165) is 36.8 Å². The number of carbonyl (C=O) groups is 1. The van der Waals surface area contributed by atoms with Gasteiger partial charge in [0.25, 0.3) is 0 Å². The number of aryl methyl sites for hydroxylation is 2. The SMILES string of the molecule is Cc1nn(C)c(C)c1[C@H]1OCC[C@@H]1CNc1ccc(C(N)=O)cn1. The smallest absolute Gasteiger partial charge is 0.250 e. The van der Waals surface area contributed by atoms with E-state index in [2.05, 4.69) is 22.3 Å². The molecular weight excluding hydrogens is 306 g/mol. The first-order chi connectivity index (χ1) is 11.5. The Hall–Kier alpha value is -2.41. The molecule has 3 heterocycles. The van der Waals surface area contributed by atoms with Gasteiger partial charge in [0.1, 0.15) is 5.82 Å². The maximum Gasteiger partial charge on any atom is 0.250 e. The normalized spacial score (nSPS) is 20.3. The van der Waals surface area contributed by atoms with Crippen molar-refractivity contribution in [1.29, 1.82) is 0 Å². The fourth-order valence-electron chi connectivity index (χ4n) is 3.24. The van der Waals surface area contributed by atoms with Gasteiger partial charge in [0.2, 0.25) is 5.91 Å². The molecule has 1 saturated heterocycles. The predicted octanol–water partition coefficient (Wildman–Crippen LogP) is 1.72. The third-order valence-electron chi connectivity index (χ3n) is 4.66. The summed E-state index contributed by atoms with van der Waals surface area (Å²) in [5, 5.41) is 7.82. The molecule has 0 spiro atoms. The van der Waals surface area contributed by atoms with Gasteiger partial charge in [0.05, 0.1) is 17.4 Å². The number of rotatable bonds is 5. The molecule has 0 aromatic carbocycles. The molecule has 24 heavy (non-hydrogen) atoms. The molecule has 0 bridgehead atoms. The number of aromatic nitrogens is 3. The second-order valence-electron chi connectivity index (χ2n) is 6.23. The second kappa shape index (κ2) is 6.60. The molecule has 0 radical (unpaired) electrons. The van der Waals surface area contributed by atoms with E-state index >= 15 is 0 Å². The number of pyridine rings is 1. The number of carbonyl (C=O) groups excluding carboxylic acids is 1. The summed E-state index contributed by atoms with van der Waals surface area (Å²) in [5.74, 6) is 0.607. The third kappa shape index (κ3) is 3.12. The number of nitrogens with one attached hydrogen (secondary N) is 1. The van der Waals surface area contributed by atoms with Crippen molar-refractivity contribution < 1.29 is 9.53 Å². The fourth-order valence-corrected chi connectivity index (χ4v) is 3.24. The molecule has 7 nitrogen and oxygen atoms in total. The van der Waals surface area contributed by atoms with E-state index in [-0.39, 0.29) is 6.10 Å². The highest BCUT2D eigenvalue weighted by atomic mass is 16.5. The van der Waals surface area contributed by atoms with Crippen molar-refractivity contribution in [3.63, 3.8) is 0 Å². The summed E-state index contributed by atoms with van der Waals surface area (Å²) in [7, 11) is 1.96. The Morgan fingerprint density at radius 2 is 2.25 bits per heavy atom. The maximum absolute atomic E-state index is 11.1. The van der Waals surface area contributed by atoms with Crippen LogP contribution in [-0.4, -0.2) is 33.8 Å². The van der Waals surface area contributed by atoms with Gasteiger partial charge in [-0.3, -0.25) is 9.48 Å². The van der Waals surface area contributed by atoms with Crippen LogP contribution in [0.5, 0.6) is 0 Å². The summed E-state index contributed by atoms with van der Waals surface area (Å²) < 4.78 is 7.89. The van der Waals surface area contributed by atoms with Gasteiger partial charge in [-0.25, -0.2) is 4.98 Å². The average molecular weight is 329 g/mol. The van der Waals surface area contributed by atoms with Crippen molar-refractivity contribution in [2.75, 3.05) is 18.5 Å². The first kappa shape index (κ1) is 16.4. The Morgan fingerprint density at radius 3 is 2.83 bits per heavy atom. The lowest BCUT2D eigenvalue weighted by atomic mass is 9.94. The molecule has 1 fully saturated rings. The van der Waals surface area contributed by atoms with Gasteiger partial charge in [-0.1, -0.05) is 0 Å². The van der Waals surface area contributed by atoms with Crippen LogP contribution in [0.1, 0.15) is 39.8 Å². The molecule has 1 aliphatic heterocycles. The van der Waals surface area contributed by atoms with Gasteiger partial charge in [0, 0.05) is 43.6 Å². The van der Waals surface area contributed by atoms with E-state index < -0.39 is 5.91 Å². The van der Waals surface area contributed by atoms with Gasteiger partial charge >= 0.3 is 0 Å². The number of primary amides is 1. The molecule has 0 unspecified atom stereocenters. The number of amides is 1. The first-order valence-electron chi connectivity index (χ1n) is 8.08. The Morgan fingerprint density at radius 1 is 1.46 bits per heavy atom. The van der Waals surface area contributed by atoms with Crippen molar-refractivity contribution in [3.05, 3.63) is 40.8 Å². The highest BCUT2D eigenvalue weighted by molar-refractivity contribution is 5.92. The highest BCUT2D eigenvalue weighted by Crippen LogP contribution is 2.37. The average Bonchev–Trinajstić information content (AvgIpc) is 3.10. The number of hydrogen-bond acceptors (Lipinski definition) is 5. The number of nitrogens with zero attached hydrogens (tertiary/aromatic N) is 3. The van der Waals surface area contributed by atoms with E-state index in [0.29, 0.717) is 11.5 Å². The Labute approximate surface area is 141 Å². The molecular formula is C17H23N5O2. The van der Waals surface area contributed by atoms with E-state index in [1.165, 1.54) is 11.8 Å². The molecule has 1 amide bonds. The molecule has 0 aliphatic carbocycles. The molecule has 128 valence electrons. The first-order valence-corrected chi connectivity index (χ1v) is 8.08. The molecule has 1 aliphatic rings. The zero-order chi connectivity index (χ0) is 17.3. The van der Waals surface area contributed by atoms with Gasteiger partial charge in [-0.15, -0.1) is 0 Å². The summed E-state index contributed by atoms with van der Waals surface area (Å²) in [6.45, 7) is 5.60. The van der Waals surface area contributed by atoms with Crippen molar-refractivity contribution in [1.82, 2.24) is 14.8 Å². The third-order valence-corrected chi connectivity index (χ3v) is 4.66. The highest BCUT2D eigenvalue weighted by Gasteiger charge is 2.33. The van der Waals surface area contributed by atoms with Gasteiger partial charge in [0.15, 0.2) is 0 Å². The summed E-state index contributed by atoms with van der Waals surface area (Å²) in [6, 6.07) is 3.45. The fraction of sp³-hybridized carbons (Fsp3) is 0.471. The van der Waals surface area contributed by atoms with Gasteiger partial charge in [-0.05, 0) is 32.4 Å². The zero-order valence-corrected chi connectivity index (χ0v) is 14.2. The summed E-state index contributed by atoms with van der Waals surface area (Å²) in [5.41, 5.74) is 9.00. The standard InChI is InChI=1S/C17H23N5O2/c1-10-15(11(2)22(3)21-10)16-12(6-7-24-16)8-19-14-5-4-13(9-20-14)17(18)23/h4-5,9,12,16H,6-8H2,1-3H3,(H2,18,23)(H,19,20)/t12-,16+/m1/s1. The topological polar surface area (TPSA) is 95.1 Å². The number of hydrogen-bond donors (Lipinski definition) is 2. The quantitative estimate of drug-likeness (QED) is 0.871. The molecule has 0 saturated carbocycles. The minimum absolute atomic E-state index is 0.0519. The van der Waals surface area contributed by atoms with Crippen molar-refractivity contribution in [2.24, 2.45) is 18.7 Å². The van der Waals surface area contributed by atoms with E-state index in [4.69, 9.17) is 10.5 Å². The van der Waals surface area contributed by atoms with Crippen LogP contribution in [0, 0.1) is 19.8 Å². The number of ether oxygens (including phenoxy) is 1. The van der Waals surface area contributed by atoms with Gasteiger partial charge < -0.3 is 15.8 Å². The Kier molecular flexibility index (Phi) is 4.53. The van der Waals surface area contributed by atoms with E-state index in [9.17, 15) is 4.79 Å². The van der Waals surface area contributed by atoms with E-state index in [1.54, 1.807) is 12.1 Å². The molecule has 3 N–H and O–H groups in total. The van der Waals surface area contributed by atoms with E-state index in [1.807, 2.05) is 18.7 Å². The summed E-state index contributed by atoms with van der Waals surface area (Å²) >= 11 is 0. The van der Waals surface area contributed by atoms with Crippen LogP contribution < -0.4 is 11.1 Å². The van der Waals surface area contributed by atoms with Crippen molar-refractivity contribution in [2.45, 2.75) is 26.4 Å². The van der Waals surface area contributed by atoms with Crippen LogP contribution >= 0.6 is 0 Å². The second-order valence-corrected chi connectivity index (χ2v) is 6.23. The number of anilines is 1. The van der Waals surface area contributed by atoms with Crippen LogP contribution in [0.3, 0.4) is 0 Å². The van der Waals surface area contributed by atoms with Crippen LogP contribution in [0.4, 0.5) is 5.82 Å². The largest absolute Gasteiger partial charge is 0.373 e. The van der Waals surface area contributed by atoms with Crippen LogP contribution in [-0.2, 0) is 11.8 Å². The summed E-state index contributed by atoms with van der Waals surface area (Å²) in [4.78, 5) is 15.3. The minimum atomic E-state index is -0.471. The molecule has 3 rings (SSSR count). The predicted molar refractivity (Wildman–Crippen MR) is 90.7 cm³/mol. The molecule has 2 aromatic rings. The number of nitrogens with two attached hydrogens (primary N) is 1. The minimum Gasteiger partial charge on any atom is -0.373 e. The van der Waals surface area contributed by atoms with Gasteiger partial charge in [-0.2, -0.15) is 5.10 Å². The zero-order valence-electron chi connectivity index (χ0n) is 14.2.